The van der Waals surface area contributed by atoms with Crippen molar-refractivity contribution in [2.24, 2.45) is 0 Å². The van der Waals surface area contributed by atoms with E-state index in [-0.39, 0.29) is 11.9 Å². The Labute approximate surface area is 113 Å². The van der Waals surface area contributed by atoms with E-state index in [1.807, 2.05) is 43.9 Å². The molecular formula is C12H15Br2NO. The molecule has 0 aliphatic heterocycles. The van der Waals surface area contributed by atoms with Gasteiger partial charge in [0.15, 0.2) is 0 Å². The van der Waals surface area contributed by atoms with E-state index < -0.39 is 0 Å². The standard InChI is InChI=1S/C12H15Br2NO/c1-4-15(8(2)3)12(16)9-5-10(13)7-11(14)6-9/h5-8H,4H2,1-3H3. The molecule has 2 nitrogen and oxygen atoms in total. The van der Waals surface area contributed by atoms with Crippen molar-refractivity contribution in [1.29, 1.82) is 0 Å². The Morgan fingerprint density at radius 1 is 1.25 bits per heavy atom. The minimum atomic E-state index is 0.0690. The summed E-state index contributed by atoms with van der Waals surface area (Å²) in [6.07, 6.45) is 0. The SMILES string of the molecule is CCN(C(=O)c1cc(Br)cc(Br)c1)C(C)C. The van der Waals surface area contributed by atoms with Gasteiger partial charge in [-0.1, -0.05) is 31.9 Å². The lowest BCUT2D eigenvalue weighted by molar-refractivity contribution is 0.0717. The quantitative estimate of drug-likeness (QED) is 0.805. The molecule has 0 aliphatic rings. The molecule has 0 heterocycles. The molecule has 0 saturated heterocycles. The molecule has 0 spiro atoms. The van der Waals surface area contributed by atoms with E-state index in [0.717, 1.165) is 15.5 Å². The number of halogens is 2. The highest BCUT2D eigenvalue weighted by atomic mass is 79.9. The smallest absolute Gasteiger partial charge is 0.254 e. The molecule has 0 bridgehead atoms. The zero-order chi connectivity index (χ0) is 12.3. The summed E-state index contributed by atoms with van der Waals surface area (Å²) in [6, 6.07) is 5.83. The number of amides is 1. The van der Waals surface area contributed by atoms with Gasteiger partial charge in [0.2, 0.25) is 0 Å². The number of carbonyl (C=O) groups is 1. The minimum absolute atomic E-state index is 0.0690. The lowest BCUT2D eigenvalue weighted by atomic mass is 10.2. The van der Waals surface area contributed by atoms with Crippen molar-refractivity contribution in [3.63, 3.8) is 0 Å². The van der Waals surface area contributed by atoms with Crippen molar-refractivity contribution in [3.8, 4) is 0 Å². The molecule has 0 fully saturated rings. The number of benzene rings is 1. The molecule has 0 aromatic heterocycles. The Balaban J connectivity index is 3.03. The Kier molecular flexibility index (Phi) is 4.99. The monoisotopic (exact) mass is 347 g/mol. The molecule has 16 heavy (non-hydrogen) atoms. The third kappa shape index (κ3) is 3.32. The zero-order valence-electron chi connectivity index (χ0n) is 9.63. The Hall–Kier alpha value is -0.350. The average molecular weight is 349 g/mol. The van der Waals surface area contributed by atoms with Crippen molar-refractivity contribution >= 4 is 37.8 Å². The molecule has 0 aliphatic carbocycles. The molecule has 0 radical (unpaired) electrons. The second kappa shape index (κ2) is 5.82. The van der Waals surface area contributed by atoms with E-state index >= 15 is 0 Å². The van der Waals surface area contributed by atoms with Gasteiger partial charge >= 0.3 is 0 Å². The van der Waals surface area contributed by atoms with Crippen molar-refractivity contribution in [2.45, 2.75) is 26.8 Å². The fourth-order valence-electron chi connectivity index (χ4n) is 1.59. The summed E-state index contributed by atoms with van der Waals surface area (Å²) in [6.45, 7) is 6.76. The highest BCUT2D eigenvalue weighted by molar-refractivity contribution is 9.11. The Morgan fingerprint density at radius 3 is 2.12 bits per heavy atom. The van der Waals surface area contributed by atoms with E-state index in [4.69, 9.17) is 0 Å². The van der Waals surface area contributed by atoms with Crippen LogP contribution >= 0.6 is 31.9 Å². The van der Waals surface area contributed by atoms with Crippen LogP contribution in [0.5, 0.6) is 0 Å². The third-order valence-corrected chi connectivity index (χ3v) is 3.25. The van der Waals surface area contributed by atoms with Crippen LogP contribution in [0.2, 0.25) is 0 Å². The summed E-state index contributed by atoms with van der Waals surface area (Å²) in [4.78, 5) is 14.0. The normalized spacial score (nSPS) is 10.6. The molecule has 1 rings (SSSR count). The predicted octanol–water partition coefficient (Wildman–Crippen LogP) is 4.08. The van der Waals surface area contributed by atoms with Crippen LogP contribution in [0.15, 0.2) is 27.1 Å². The molecule has 4 heteroatoms. The van der Waals surface area contributed by atoms with Crippen molar-refractivity contribution in [2.75, 3.05) is 6.54 Å². The topological polar surface area (TPSA) is 20.3 Å². The van der Waals surface area contributed by atoms with E-state index in [9.17, 15) is 4.79 Å². The van der Waals surface area contributed by atoms with Gasteiger partial charge in [-0.15, -0.1) is 0 Å². The van der Waals surface area contributed by atoms with Crippen LogP contribution in [0.25, 0.3) is 0 Å². The second-order valence-corrected chi connectivity index (χ2v) is 5.67. The predicted molar refractivity (Wildman–Crippen MR) is 73.7 cm³/mol. The van der Waals surface area contributed by atoms with Crippen LogP contribution in [-0.4, -0.2) is 23.4 Å². The van der Waals surface area contributed by atoms with Crippen LogP contribution in [0.1, 0.15) is 31.1 Å². The number of rotatable bonds is 3. The fraction of sp³-hybridized carbons (Fsp3) is 0.417. The summed E-state index contributed by atoms with van der Waals surface area (Å²) < 4.78 is 1.81. The summed E-state index contributed by atoms with van der Waals surface area (Å²) in [7, 11) is 0. The molecule has 1 aromatic rings. The van der Waals surface area contributed by atoms with E-state index in [1.54, 1.807) is 0 Å². The molecule has 1 aromatic carbocycles. The van der Waals surface area contributed by atoms with Crippen molar-refractivity contribution in [3.05, 3.63) is 32.7 Å². The Morgan fingerprint density at radius 2 is 1.75 bits per heavy atom. The van der Waals surface area contributed by atoms with Crippen LogP contribution in [0.4, 0.5) is 0 Å². The summed E-state index contributed by atoms with van der Waals surface area (Å²) in [5.74, 6) is 0.0690. The van der Waals surface area contributed by atoms with E-state index in [0.29, 0.717) is 5.56 Å². The summed E-state index contributed by atoms with van der Waals surface area (Å²) in [5.41, 5.74) is 0.705. The first-order chi connectivity index (χ1) is 7.45. The number of hydrogen-bond acceptors (Lipinski definition) is 1. The molecule has 0 atom stereocenters. The van der Waals surface area contributed by atoms with Gasteiger partial charge in [-0.2, -0.15) is 0 Å². The molecule has 1 amide bonds. The van der Waals surface area contributed by atoms with Crippen molar-refractivity contribution < 1.29 is 4.79 Å². The van der Waals surface area contributed by atoms with Gasteiger partial charge in [0.05, 0.1) is 0 Å². The molecule has 0 unspecified atom stereocenters. The van der Waals surface area contributed by atoms with Gasteiger partial charge in [-0.25, -0.2) is 0 Å². The maximum atomic E-state index is 12.2. The van der Waals surface area contributed by atoms with E-state index in [1.165, 1.54) is 0 Å². The van der Waals surface area contributed by atoms with Crippen molar-refractivity contribution in [1.82, 2.24) is 4.90 Å². The fourth-order valence-corrected chi connectivity index (χ4v) is 2.88. The highest BCUT2D eigenvalue weighted by Crippen LogP contribution is 2.21. The largest absolute Gasteiger partial charge is 0.337 e. The van der Waals surface area contributed by atoms with Gasteiger partial charge in [0, 0.05) is 27.1 Å². The van der Waals surface area contributed by atoms with Gasteiger partial charge in [0.25, 0.3) is 5.91 Å². The van der Waals surface area contributed by atoms with Gasteiger partial charge in [0.1, 0.15) is 0 Å². The van der Waals surface area contributed by atoms with Crippen LogP contribution < -0.4 is 0 Å². The zero-order valence-corrected chi connectivity index (χ0v) is 12.8. The summed E-state index contributed by atoms with van der Waals surface area (Å²) >= 11 is 6.78. The van der Waals surface area contributed by atoms with E-state index in [2.05, 4.69) is 31.9 Å². The van der Waals surface area contributed by atoms with Crippen LogP contribution in [0, 0.1) is 0 Å². The molecule has 0 N–H and O–H groups in total. The lowest BCUT2D eigenvalue weighted by Crippen LogP contribution is -2.36. The summed E-state index contributed by atoms with van der Waals surface area (Å²) in [5, 5.41) is 0. The first kappa shape index (κ1) is 13.7. The maximum absolute atomic E-state index is 12.2. The lowest BCUT2D eigenvalue weighted by Gasteiger charge is -2.25. The molecule has 0 saturated carbocycles. The highest BCUT2D eigenvalue weighted by Gasteiger charge is 2.17. The molecular weight excluding hydrogens is 334 g/mol. The van der Waals surface area contributed by atoms with Gasteiger partial charge in [-0.3, -0.25) is 4.79 Å². The molecule has 88 valence electrons. The number of carbonyl (C=O) groups excluding carboxylic acids is 1. The second-order valence-electron chi connectivity index (χ2n) is 3.84. The third-order valence-electron chi connectivity index (χ3n) is 2.33. The van der Waals surface area contributed by atoms with Gasteiger partial charge < -0.3 is 4.90 Å². The number of nitrogens with zero attached hydrogens (tertiary/aromatic N) is 1. The number of hydrogen-bond donors (Lipinski definition) is 0. The average Bonchev–Trinajstić information content (AvgIpc) is 2.16. The maximum Gasteiger partial charge on any atom is 0.254 e. The Bertz CT molecular complexity index is 370. The first-order valence-electron chi connectivity index (χ1n) is 5.22. The van der Waals surface area contributed by atoms with Crippen LogP contribution in [-0.2, 0) is 0 Å². The van der Waals surface area contributed by atoms with Gasteiger partial charge in [-0.05, 0) is 39.0 Å². The minimum Gasteiger partial charge on any atom is -0.337 e. The first-order valence-corrected chi connectivity index (χ1v) is 6.81. The van der Waals surface area contributed by atoms with Crippen LogP contribution in [0.3, 0.4) is 0 Å².